The van der Waals surface area contributed by atoms with Crippen molar-refractivity contribution in [3.8, 4) is 12.3 Å². The number of carbonyl (C=O) groups excluding carboxylic acids is 1. The lowest BCUT2D eigenvalue weighted by Gasteiger charge is -2.06. The fourth-order valence-electron chi connectivity index (χ4n) is 1.34. The Labute approximate surface area is 83.9 Å². The van der Waals surface area contributed by atoms with Gasteiger partial charge in [-0.1, -0.05) is 12.0 Å². The van der Waals surface area contributed by atoms with E-state index < -0.39 is 0 Å². The van der Waals surface area contributed by atoms with Gasteiger partial charge in [-0.15, -0.1) is 6.42 Å². The summed E-state index contributed by atoms with van der Waals surface area (Å²) in [4.78, 5) is 11.3. The summed E-state index contributed by atoms with van der Waals surface area (Å²) in [5.41, 5.74) is 3.15. The number of aryl methyl sites for hydroxylation is 2. The fourth-order valence-corrected chi connectivity index (χ4v) is 1.34. The fraction of sp³-hybridized carbons (Fsp3) is 0.250. The maximum atomic E-state index is 11.3. The molecule has 2 nitrogen and oxygen atoms in total. The van der Waals surface area contributed by atoms with Gasteiger partial charge < -0.3 is 4.74 Å². The van der Waals surface area contributed by atoms with E-state index in [1.165, 1.54) is 7.11 Å². The molecular weight excluding hydrogens is 176 g/mol. The Morgan fingerprint density at radius 3 is 2.50 bits per heavy atom. The van der Waals surface area contributed by atoms with E-state index in [4.69, 9.17) is 6.42 Å². The molecule has 72 valence electrons. The maximum absolute atomic E-state index is 11.3. The first-order chi connectivity index (χ1) is 6.60. The van der Waals surface area contributed by atoms with Crippen molar-refractivity contribution < 1.29 is 9.53 Å². The van der Waals surface area contributed by atoms with E-state index in [0.717, 1.165) is 16.7 Å². The molecular formula is C12H12O2. The van der Waals surface area contributed by atoms with E-state index in [0.29, 0.717) is 5.56 Å². The maximum Gasteiger partial charge on any atom is 0.338 e. The van der Waals surface area contributed by atoms with Crippen molar-refractivity contribution in [2.45, 2.75) is 13.8 Å². The Kier molecular flexibility index (Phi) is 2.93. The van der Waals surface area contributed by atoms with Crippen LogP contribution in [0.4, 0.5) is 0 Å². The van der Waals surface area contributed by atoms with Crippen LogP contribution in [-0.4, -0.2) is 13.1 Å². The number of benzene rings is 1. The molecule has 2 heteroatoms. The van der Waals surface area contributed by atoms with Gasteiger partial charge in [0.15, 0.2) is 0 Å². The molecule has 0 aliphatic carbocycles. The van der Waals surface area contributed by atoms with Crippen molar-refractivity contribution in [2.75, 3.05) is 7.11 Å². The SMILES string of the molecule is C#Cc1cc(C(=O)OC)c(C)cc1C. The largest absolute Gasteiger partial charge is 0.465 e. The van der Waals surface area contributed by atoms with Gasteiger partial charge in [0.2, 0.25) is 0 Å². The molecule has 0 aromatic heterocycles. The molecule has 0 aliphatic heterocycles. The zero-order chi connectivity index (χ0) is 10.7. The Morgan fingerprint density at radius 2 is 2.00 bits per heavy atom. The third kappa shape index (κ3) is 1.77. The second kappa shape index (κ2) is 3.97. The highest BCUT2D eigenvalue weighted by Gasteiger charge is 2.10. The number of hydrogen-bond donors (Lipinski definition) is 0. The van der Waals surface area contributed by atoms with Crippen molar-refractivity contribution in [2.24, 2.45) is 0 Å². The van der Waals surface area contributed by atoms with Gasteiger partial charge in [-0.2, -0.15) is 0 Å². The summed E-state index contributed by atoms with van der Waals surface area (Å²) in [6, 6.07) is 3.58. The number of terminal acetylenes is 1. The van der Waals surface area contributed by atoms with E-state index >= 15 is 0 Å². The lowest BCUT2D eigenvalue weighted by molar-refractivity contribution is 0.0600. The standard InChI is InChI=1S/C12H12O2/c1-5-10-7-11(12(13)14-4)9(3)6-8(10)2/h1,6-7H,2-4H3. The first-order valence-electron chi connectivity index (χ1n) is 4.26. The van der Waals surface area contributed by atoms with Crippen LogP contribution in [0, 0.1) is 26.2 Å². The van der Waals surface area contributed by atoms with E-state index in [1.807, 2.05) is 19.9 Å². The van der Waals surface area contributed by atoms with Gasteiger partial charge in [-0.3, -0.25) is 0 Å². The van der Waals surface area contributed by atoms with Crippen LogP contribution >= 0.6 is 0 Å². The minimum absolute atomic E-state index is 0.348. The van der Waals surface area contributed by atoms with Crippen LogP contribution in [-0.2, 0) is 4.74 Å². The van der Waals surface area contributed by atoms with Gasteiger partial charge in [0, 0.05) is 5.56 Å². The minimum atomic E-state index is -0.348. The Bertz CT molecular complexity index is 411. The number of esters is 1. The second-order valence-corrected chi connectivity index (χ2v) is 3.12. The summed E-state index contributed by atoms with van der Waals surface area (Å²) in [6.07, 6.45) is 5.31. The van der Waals surface area contributed by atoms with Gasteiger partial charge in [-0.25, -0.2) is 4.79 Å². The monoisotopic (exact) mass is 188 g/mol. The molecule has 1 aromatic rings. The van der Waals surface area contributed by atoms with Crippen molar-refractivity contribution >= 4 is 5.97 Å². The first kappa shape index (κ1) is 10.3. The highest BCUT2D eigenvalue weighted by atomic mass is 16.5. The molecule has 0 amide bonds. The van der Waals surface area contributed by atoms with E-state index in [2.05, 4.69) is 10.7 Å². The van der Waals surface area contributed by atoms with Crippen LogP contribution in [0.2, 0.25) is 0 Å². The molecule has 0 aliphatic rings. The van der Waals surface area contributed by atoms with Crippen LogP contribution in [0.5, 0.6) is 0 Å². The van der Waals surface area contributed by atoms with Crippen LogP contribution in [0.1, 0.15) is 27.0 Å². The third-order valence-corrected chi connectivity index (χ3v) is 2.13. The lowest BCUT2D eigenvalue weighted by Crippen LogP contribution is -2.05. The molecule has 0 unspecified atom stereocenters. The second-order valence-electron chi connectivity index (χ2n) is 3.12. The normalized spacial score (nSPS) is 9.29. The molecule has 14 heavy (non-hydrogen) atoms. The highest BCUT2D eigenvalue weighted by Crippen LogP contribution is 2.16. The van der Waals surface area contributed by atoms with Crippen molar-refractivity contribution in [3.05, 3.63) is 34.4 Å². The van der Waals surface area contributed by atoms with Crippen LogP contribution in [0.25, 0.3) is 0 Å². The summed E-state index contributed by atoms with van der Waals surface area (Å²) in [6.45, 7) is 3.78. The lowest BCUT2D eigenvalue weighted by atomic mass is 10.0. The van der Waals surface area contributed by atoms with Crippen LogP contribution in [0.3, 0.4) is 0 Å². The summed E-state index contributed by atoms with van der Waals surface area (Å²) in [7, 11) is 1.36. The Morgan fingerprint density at radius 1 is 1.36 bits per heavy atom. The van der Waals surface area contributed by atoms with Crippen LogP contribution in [0.15, 0.2) is 12.1 Å². The van der Waals surface area contributed by atoms with Gasteiger partial charge in [0.1, 0.15) is 0 Å². The third-order valence-electron chi connectivity index (χ3n) is 2.13. The predicted molar refractivity (Wildman–Crippen MR) is 55.2 cm³/mol. The molecule has 1 rings (SSSR count). The topological polar surface area (TPSA) is 26.3 Å². The van der Waals surface area contributed by atoms with Gasteiger partial charge in [-0.05, 0) is 31.0 Å². The van der Waals surface area contributed by atoms with Gasteiger partial charge >= 0.3 is 5.97 Å². The summed E-state index contributed by atoms with van der Waals surface area (Å²) in [5, 5.41) is 0. The van der Waals surface area contributed by atoms with E-state index in [-0.39, 0.29) is 5.97 Å². The van der Waals surface area contributed by atoms with Gasteiger partial charge in [0.25, 0.3) is 0 Å². The average Bonchev–Trinajstić information content (AvgIpc) is 2.17. The molecule has 1 aromatic carbocycles. The number of rotatable bonds is 1. The molecule has 0 fully saturated rings. The van der Waals surface area contributed by atoms with Gasteiger partial charge in [0.05, 0.1) is 12.7 Å². The predicted octanol–water partition coefficient (Wildman–Crippen LogP) is 2.07. The van der Waals surface area contributed by atoms with E-state index in [9.17, 15) is 4.79 Å². The molecule has 0 atom stereocenters. The Hall–Kier alpha value is -1.75. The molecule has 0 bridgehead atoms. The molecule has 0 radical (unpaired) electrons. The number of carbonyl (C=O) groups is 1. The van der Waals surface area contributed by atoms with E-state index in [1.54, 1.807) is 6.07 Å². The Balaban J connectivity index is 3.33. The quantitative estimate of drug-likeness (QED) is 0.498. The van der Waals surface area contributed by atoms with Crippen molar-refractivity contribution in [1.29, 1.82) is 0 Å². The molecule has 0 saturated carbocycles. The van der Waals surface area contributed by atoms with Crippen molar-refractivity contribution in [1.82, 2.24) is 0 Å². The minimum Gasteiger partial charge on any atom is -0.465 e. The number of methoxy groups -OCH3 is 1. The highest BCUT2D eigenvalue weighted by molar-refractivity contribution is 5.91. The first-order valence-corrected chi connectivity index (χ1v) is 4.26. The molecule has 0 spiro atoms. The summed E-state index contributed by atoms with van der Waals surface area (Å²) in [5.74, 6) is 2.19. The smallest absolute Gasteiger partial charge is 0.338 e. The number of ether oxygens (including phenoxy) is 1. The average molecular weight is 188 g/mol. The summed E-state index contributed by atoms with van der Waals surface area (Å²) < 4.78 is 4.65. The molecule has 0 N–H and O–H groups in total. The van der Waals surface area contributed by atoms with Crippen LogP contribution < -0.4 is 0 Å². The number of hydrogen-bond acceptors (Lipinski definition) is 2. The summed E-state index contributed by atoms with van der Waals surface area (Å²) >= 11 is 0. The molecule has 0 saturated heterocycles. The molecule has 0 heterocycles. The zero-order valence-electron chi connectivity index (χ0n) is 8.55. The van der Waals surface area contributed by atoms with Crippen molar-refractivity contribution in [3.63, 3.8) is 0 Å². The zero-order valence-corrected chi connectivity index (χ0v) is 8.55.